The van der Waals surface area contributed by atoms with E-state index in [4.69, 9.17) is 34.8 Å². The van der Waals surface area contributed by atoms with Crippen molar-refractivity contribution in [3.63, 3.8) is 0 Å². The first-order valence-corrected chi connectivity index (χ1v) is 11.7. The Hall–Kier alpha value is -1.31. The number of benzene rings is 2. The first kappa shape index (κ1) is 22.4. The minimum absolute atomic E-state index is 0.00720. The van der Waals surface area contributed by atoms with Crippen molar-refractivity contribution in [3.05, 3.63) is 63.1 Å². The Balaban J connectivity index is 1.63. The third kappa shape index (κ3) is 5.06. The molecule has 1 aliphatic heterocycles. The van der Waals surface area contributed by atoms with Crippen molar-refractivity contribution in [3.8, 4) is 0 Å². The van der Waals surface area contributed by atoms with Gasteiger partial charge in [0, 0.05) is 37.6 Å². The fraction of sp³-hybridized carbons (Fsp3) is 0.350. The molecule has 1 fully saturated rings. The second kappa shape index (κ2) is 9.23. The summed E-state index contributed by atoms with van der Waals surface area (Å²) in [6.07, 6.45) is 0.899. The first-order valence-electron chi connectivity index (χ1n) is 9.13. The molecule has 29 heavy (non-hydrogen) atoms. The molecule has 1 amide bonds. The summed E-state index contributed by atoms with van der Waals surface area (Å²) in [5, 5.41) is 0.840. The first-order chi connectivity index (χ1) is 13.7. The highest BCUT2D eigenvalue weighted by Gasteiger charge is 2.35. The molecule has 2 aromatic rings. The molecule has 0 unspecified atom stereocenters. The van der Waals surface area contributed by atoms with E-state index < -0.39 is 10.0 Å². The van der Waals surface area contributed by atoms with Crippen LogP contribution >= 0.6 is 34.8 Å². The summed E-state index contributed by atoms with van der Waals surface area (Å²) in [6.45, 7) is 0.966. The van der Waals surface area contributed by atoms with Crippen LogP contribution in [0, 0.1) is 5.92 Å². The van der Waals surface area contributed by atoms with Gasteiger partial charge in [0.2, 0.25) is 15.9 Å². The predicted molar refractivity (Wildman–Crippen MR) is 116 cm³/mol. The van der Waals surface area contributed by atoms with Crippen LogP contribution in [-0.4, -0.2) is 43.7 Å². The number of halogens is 3. The second-order valence-corrected chi connectivity index (χ2v) is 10.2. The number of rotatable bonds is 5. The summed E-state index contributed by atoms with van der Waals surface area (Å²) in [5.74, 6) is -0.215. The molecule has 9 heteroatoms. The third-order valence-electron chi connectivity index (χ3n) is 5.03. The van der Waals surface area contributed by atoms with Gasteiger partial charge in [-0.1, -0.05) is 53.0 Å². The number of sulfonamides is 1. The molecule has 0 aliphatic carbocycles. The number of nitrogens with zero attached hydrogens (tertiary/aromatic N) is 2. The summed E-state index contributed by atoms with van der Waals surface area (Å²) in [6, 6.07) is 12.0. The summed E-state index contributed by atoms with van der Waals surface area (Å²) in [4.78, 5) is 14.4. The van der Waals surface area contributed by atoms with Crippen LogP contribution in [0.2, 0.25) is 15.1 Å². The van der Waals surface area contributed by atoms with Crippen LogP contribution in [0.1, 0.15) is 18.4 Å². The minimum Gasteiger partial charge on any atom is -0.341 e. The van der Waals surface area contributed by atoms with E-state index in [2.05, 4.69) is 0 Å². The topological polar surface area (TPSA) is 57.7 Å². The fourth-order valence-corrected chi connectivity index (χ4v) is 6.14. The lowest BCUT2D eigenvalue weighted by atomic mass is 9.96. The molecule has 0 spiro atoms. The van der Waals surface area contributed by atoms with Gasteiger partial charge in [0.1, 0.15) is 4.90 Å². The maximum Gasteiger partial charge on any atom is 0.246 e. The van der Waals surface area contributed by atoms with E-state index in [0.717, 1.165) is 5.56 Å². The Morgan fingerprint density at radius 2 is 1.59 bits per heavy atom. The van der Waals surface area contributed by atoms with Crippen LogP contribution in [0.25, 0.3) is 0 Å². The van der Waals surface area contributed by atoms with Gasteiger partial charge in [-0.2, -0.15) is 4.31 Å². The van der Waals surface area contributed by atoms with Gasteiger partial charge in [0.15, 0.2) is 0 Å². The lowest BCUT2D eigenvalue weighted by Crippen LogP contribution is -2.43. The van der Waals surface area contributed by atoms with E-state index >= 15 is 0 Å². The van der Waals surface area contributed by atoms with E-state index in [1.807, 2.05) is 12.1 Å². The van der Waals surface area contributed by atoms with Crippen molar-refractivity contribution < 1.29 is 13.2 Å². The Kier molecular flexibility index (Phi) is 7.12. The Morgan fingerprint density at radius 1 is 1.03 bits per heavy atom. The molecule has 0 atom stereocenters. The minimum atomic E-state index is -3.81. The molecule has 1 heterocycles. The average molecular weight is 476 g/mol. The van der Waals surface area contributed by atoms with E-state index in [0.29, 0.717) is 24.4 Å². The molecule has 0 saturated carbocycles. The zero-order chi connectivity index (χ0) is 21.2. The van der Waals surface area contributed by atoms with E-state index in [1.54, 1.807) is 30.1 Å². The molecule has 3 rings (SSSR count). The van der Waals surface area contributed by atoms with Crippen molar-refractivity contribution >= 4 is 50.7 Å². The van der Waals surface area contributed by atoms with E-state index in [9.17, 15) is 13.2 Å². The lowest BCUT2D eigenvalue weighted by Gasteiger charge is -2.32. The number of carbonyl (C=O) groups is 1. The number of hydrogen-bond donors (Lipinski definition) is 0. The maximum absolute atomic E-state index is 13.0. The van der Waals surface area contributed by atoms with Crippen LogP contribution in [0.3, 0.4) is 0 Å². The van der Waals surface area contributed by atoms with Crippen LogP contribution in [-0.2, 0) is 21.4 Å². The number of hydrogen-bond acceptors (Lipinski definition) is 3. The molecule has 0 bridgehead atoms. The second-order valence-electron chi connectivity index (χ2n) is 7.05. The standard InChI is InChI=1S/C20H21Cl3N2O3S/c1-24(13-14-5-7-16(21)8-6-14)20(26)15-9-11-25(12-10-15)29(27,28)19-17(22)3-2-4-18(19)23/h2-8,15H,9-13H2,1H3. The molecule has 5 nitrogen and oxygen atoms in total. The van der Waals surface area contributed by atoms with Crippen LogP contribution < -0.4 is 0 Å². The predicted octanol–water partition coefficient (Wildman–Crippen LogP) is 4.71. The third-order valence-corrected chi connectivity index (χ3v) is 8.14. The summed E-state index contributed by atoms with van der Waals surface area (Å²) in [5.41, 5.74) is 0.985. The molecular formula is C20H21Cl3N2O3S. The van der Waals surface area contributed by atoms with Crippen molar-refractivity contribution in [2.75, 3.05) is 20.1 Å². The molecular weight excluding hydrogens is 455 g/mol. The molecule has 2 aromatic carbocycles. The van der Waals surface area contributed by atoms with Gasteiger partial charge in [-0.15, -0.1) is 0 Å². The fourth-order valence-electron chi connectivity index (χ4n) is 3.45. The summed E-state index contributed by atoms with van der Waals surface area (Å²) >= 11 is 18.1. The summed E-state index contributed by atoms with van der Waals surface area (Å²) in [7, 11) is -2.06. The Labute approximate surface area is 186 Å². The summed E-state index contributed by atoms with van der Waals surface area (Å²) < 4.78 is 27.3. The average Bonchev–Trinajstić information content (AvgIpc) is 2.69. The van der Waals surface area contributed by atoms with Crippen molar-refractivity contribution in [2.24, 2.45) is 5.92 Å². The highest BCUT2D eigenvalue weighted by atomic mass is 35.5. The van der Waals surface area contributed by atoms with Gasteiger partial charge in [-0.25, -0.2) is 8.42 Å². The van der Waals surface area contributed by atoms with E-state index in [-0.39, 0.29) is 39.9 Å². The zero-order valence-corrected chi connectivity index (χ0v) is 18.9. The normalized spacial score (nSPS) is 16.0. The van der Waals surface area contributed by atoms with Gasteiger partial charge in [0.05, 0.1) is 10.0 Å². The van der Waals surface area contributed by atoms with Gasteiger partial charge in [-0.3, -0.25) is 4.79 Å². The zero-order valence-electron chi connectivity index (χ0n) is 15.8. The number of carbonyl (C=O) groups excluding carboxylic acids is 1. The molecule has 0 N–H and O–H groups in total. The Bertz CT molecular complexity index is 968. The highest BCUT2D eigenvalue weighted by molar-refractivity contribution is 7.89. The number of amides is 1. The molecule has 1 aliphatic rings. The molecule has 0 radical (unpaired) electrons. The monoisotopic (exact) mass is 474 g/mol. The van der Waals surface area contributed by atoms with Gasteiger partial charge >= 0.3 is 0 Å². The SMILES string of the molecule is CN(Cc1ccc(Cl)cc1)C(=O)C1CCN(S(=O)(=O)c2c(Cl)cccc2Cl)CC1. The van der Waals surface area contributed by atoms with Gasteiger partial charge in [-0.05, 0) is 42.7 Å². The largest absolute Gasteiger partial charge is 0.341 e. The number of piperidine rings is 1. The van der Waals surface area contributed by atoms with E-state index in [1.165, 1.54) is 16.4 Å². The molecule has 0 aromatic heterocycles. The van der Waals surface area contributed by atoms with Crippen molar-refractivity contribution in [1.29, 1.82) is 0 Å². The lowest BCUT2D eigenvalue weighted by molar-refractivity contribution is -0.135. The van der Waals surface area contributed by atoms with Crippen molar-refractivity contribution in [1.82, 2.24) is 9.21 Å². The van der Waals surface area contributed by atoms with Gasteiger partial charge in [0.25, 0.3) is 0 Å². The van der Waals surface area contributed by atoms with Crippen LogP contribution in [0.5, 0.6) is 0 Å². The van der Waals surface area contributed by atoms with Crippen molar-refractivity contribution in [2.45, 2.75) is 24.3 Å². The van der Waals surface area contributed by atoms with Crippen LogP contribution in [0.15, 0.2) is 47.4 Å². The molecule has 1 saturated heterocycles. The Morgan fingerprint density at radius 3 is 2.14 bits per heavy atom. The quantitative estimate of drug-likeness (QED) is 0.629. The smallest absolute Gasteiger partial charge is 0.246 e. The van der Waals surface area contributed by atoms with Gasteiger partial charge < -0.3 is 4.90 Å². The molecule has 156 valence electrons. The highest BCUT2D eigenvalue weighted by Crippen LogP contribution is 2.33. The van der Waals surface area contributed by atoms with Crippen LogP contribution in [0.4, 0.5) is 0 Å². The maximum atomic E-state index is 13.0.